The van der Waals surface area contributed by atoms with E-state index in [1.165, 1.54) is 5.56 Å². The molecule has 1 fully saturated rings. The van der Waals surface area contributed by atoms with Crippen molar-refractivity contribution >= 4 is 24.3 Å². The zero-order chi connectivity index (χ0) is 16.4. The molecule has 0 aliphatic carbocycles. The van der Waals surface area contributed by atoms with Crippen LogP contribution in [-0.2, 0) is 10.2 Å². The van der Waals surface area contributed by atoms with Gasteiger partial charge in [0.25, 0.3) is 0 Å². The molecule has 1 aromatic carbocycles. The fourth-order valence-electron chi connectivity index (χ4n) is 2.67. The normalized spacial score (nSPS) is 17.4. The summed E-state index contributed by atoms with van der Waals surface area (Å²) >= 11 is 0. The quantitative estimate of drug-likeness (QED) is 0.795. The molecule has 1 amide bonds. The van der Waals surface area contributed by atoms with E-state index in [9.17, 15) is 4.79 Å². The van der Waals surface area contributed by atoms with Crippen molar-refractivity contribution in [1.82, 2.24) is 20.5 Å². The van der Waals surface area contributed by atoms with E-state index in [-0.39, 0.29) is 29.6 Å². The first-order chi connectivity index (χ1) is 10.9. The van der Waals surface area contributed by atoms with Crippen molar-refractivity contribution in [3.8, 4) is 11.4 Å². The molecule has 0 bridgehead atoms. The number of aromatic nitrogens is 3. The lowest BCUT2D eigenvalue weighted by Crippen LogP contribution is -2.25. The molecule has 6 nitrogen and oxygen atoms in total. The molecular weight excluding hydrogens is 326 g/mol. The number of hydrogen-bond acceptors (Lipinski definition) is 4. The van der Waals surface area contributed by atoms with Gasteiger partial charge in [-0.15, -0.1) is 17.5 Å². The van der Waals surface area contributed by atoms with Gasteiger partial charge in [-0.2, -0.15) is 4.98 Å². The summed E-state index contributed by atoms with van der Waals surface area (Å²) in [6.45, 7) is 8.15. The minimum absolute atomic E-state index is 0. The second-order valence-corrected chi connectivity index (χ2v) is 7.01. The predicted octanol–water partition coefficient (Wildman–Crippen LogP) is 2.74. The highest BCUT2D eigenvalue weighted by atomic mass is 35.5. The van der Waals surface area contributed by atoms with Crippen LogP contribution < -0.4 is 10.6 Å². The van der Waals surface area contributed by atoms with Crippen molar-refractivity contribution in [1.29, 1.82) is 0 Å². The van der Waals surface area contributed by atoms with Gasteiger partial charge in [-0.3, -0.25) is 15.2 Å². The molecule has 3 rings (SSSR count). The van der Waals surface area contributed by atoms with Crippen molar-refractivity contribution in [2.45, 2.75) is 32.6 Å². The van der Waals surface area contributed by atoms with Crippen LogP contribution in [-0.4, -0.2) is 34.2 Å². The number of H-pyrrole nitrogens is 1. The van der Waals surface area contributed by atoms with Crippen LogP contribution in [0.15, 0.2) is 24.3 Å². The average molecular weight is 350 g/mol. The summed E-state index contributed by atoms with van der Waals surface area (Å²) in [6, 6.07) is 8.24. The van der Waals surface area contributed by atoms with E-state index in [2.05, 4.69) is 58.7 Å². The molecule has 2 heterocycles. The number of hydrogen-bond donors (Lipinski definition) is 3. The van der Waals surface area contributed by atoms with Crippen LogP contribution in [0.1, 0.15) is 32.8 Å². The number of rotatable bonds is 3. The standard InChI is InChI=1S/C17H23N5O.ClH/c1-17(2,3)13-6-4-11(5-7-13)14-19-16(22-21-14)20-15(23)12-8-9-18-10-12;/h4-7,12,18H,8-10H2,1-3H3,(H2,19,20,21,22,23);1H. The second kappa shape index (κ2) is 7.32. The summed E-state index contributed by atoms with van der Waals surface area (Å²) in [5.41, 5.74) is 2.34. The SMILES string of the molecule is CC(C)(C)c1ccc(-c2nc(NC(=O)C3CCNC3)n[nH]2)cc1.Cl. The van der Waals surface area contributed by atoms with E-state index in [1.54, 1.807) is 0 Å². The Morgan fingerprint density at radius 1 is 1.25 bits per heavy atom. The maximum Gasteiger partial charge on any atom is 0.249 e. The van der Waals surface area contributed by atoms with Gasteiger partial charge < -0.3 is 5.32 Å². The van der Waals surface area contributed by atoms with E-state index >= 15 is 0 Å². The maximum absolute atomic E-state index is 12.1. The monoisotopic (exact) mass is 349 g/mol. The molecule has 1 aromatic heterocycles. The summed E-state index contributed by atoms with van der Waals surface area (Å²) < 4.78 is 0. The first-order valence-electron chi connectivity index (χ1n) is 7.98. The number of benzene rings is 1. The first-order valence-corrected chi connectivity index (χ1v) is 7.98. The van der Waals surface area contributed by atoms with Gasteiger partial charge in [0.15, 0.2) is 5.82 Å². The Bertz CT molecular complexity index is 684. The summed E-state index contributed by atoms with van der Waals surface area (Å²) in [6.07, 6.45) is 0.859. The van der Waals surface area contributed by atoms with Gasteiger partial charge in [0.2, 0.25) is 11.9 Å². The van der Waals surface area contributed by atoms with Crippen LogP contribution in [0.5, 0.6) is 0 Å². The lowest BCUT2D eigenvalue weighted by Gasteiger charge is -2.18. The number of aromatic amines is 1. The summed E-state index contributed by atoms with van der Waals surface area (Å²) in [5.74, 6) is 0.966. The molecule has 7 heteroatoms. The molecule has 1 aliphatic heterocycles. The molecule has 3 N–H and O–H groups in total. The Hall–Kier alpha value is -1.92. The third kappa shape index (κ3) is 4.13. The van der Waals surface area contributed by atoms with Crippen LogP contribution in [0.4, 0.5) is 5.95 Å². The molecule has 1 aliphatic rings. The molecule has 1 atom stereocenters. The third-order valence-electron chi connectivity index (χ3n) is 4.18. The van der Waals surface area contributed by atoms with Gasteiger partial charge in [0.05, 0.1) is 5.92 Å². The zero-order valence-corrected chi connectivity index (χ0v) is 15.0. The molecule has 1 saturated heterocycles. The van der Waals surface area contributed by atoms with E-state index in [4.69, 9.17) is 0 Å². The van der Waals surface area contributed by atoms with Crippen LogP contribution >= 0.6 is 12.4 Å². The first kappa shape index (κ1) is 18.4. The largest absolute Gasteiger partial charge is 0.316 e. The van der Waals surface area contributed by atoms with Gasteiger partial charge in [0, 0.05) is 12.1 Å². The molecule has 0 saturated carbocycles. The highest BCUT2D eigenvalue weighted by Crippen LogP contribution is 2.25. The van der Waals surface area contributed by atoms with Gasteiger partial charge in [-0.25, -0.2) is 0 Å². The molecule has 1 unspecified atom stereocenters. The van der Waals surface area contributed by atoms with Gasteiger partial charge in [-0.05, 0) is 23.9 Å². The molecule has 0 spiro atoms. The Morgan fingerprint density at radius 3 is 2.54 bits per heavy atom. The van der Waals surface area contributed by atoms with Gasteiger partial charge in [-0.1, -0.05) is 45.0 Å². The van der Waals surface area contributed by atoms with E-state index in [0.29, 0.717) is 11.8 Å². The second-order valence-electron chi connectivity index (χ2n) is 7.01. The number of amides is 1. The minimum atomic E-state index is -0.0244. The fourth-order valence-corrected chi connectivity index (χ4v) is 2.67. The number of carbonyl (C=O) groups excluding carboxylic acids is 1. The maximum atomic E-state index is 12.1. The summed E-state index contributed by atoms with van der Waals surface area (Å²) in [4.78, 5) is 16.4. The lowest BCUT2D eigenvalue weighted by molar-refractivity contribution is -0.119. The molecule has 0 radical (unpaired) electrons. The smallest absolute Gasteiger partial charge is 0.249 e. The Labute approximate surface area is 148 Å². The third-order valence-corrected chi connectivity index (χ3v) is 4.18. The molecule has 2 aromatic rings. The summed E-state index contributed by atoms with van der Waals surface area (Å²) in [5, 5.41) is 12.9. The van der Waals surface area contributed by atoms with E-state index in [0.717, 1.165) is 25.1 Å². The van der Waals surface area contributed by atoms with Gasteiger partial charge >= 0.3 is 0 Å². The van der Waals surface area contributed by atoms with Crippen LogP contribution in [0.25, 0.3) is 11.4 Å². The highest BCUT2D eigenvalue weighted by molar-refractivity contribution is 5.91. The Kier molecular flexibility index (Phi) is 5.62. The highest BCUT2D eigenvalue weighted by Gasteiger charge is 2.23. The van der Waals surface area contributed by atoms with Crippen LogP contribution in [0, 0.1) is 5.92 Å². The number of nitrogens with one attached hydrogen (secondary N) is 3. The average Bonchev–Trinajstić information content (AvgIpc) is 3.18. The lowest BCUT2D eigenvalue weighted by atomic mass is 9.87. The number of halogens is 1. The topological polar surface area (TPSA) is 82.7 Å². The van der Waals surface area contributed by atoms with Crippen molar-refractivity contribution in [2.75, 3.05) is 18.4 Å². The minimum Gasteiger partial charge on any atom is -0.316 e. The van der Waals surface area contributed by atoms with E-state index in [1.807, 2.05) is 12.1 Å². The molecule has 24 heavy (non-hydrogen) atoms. The van der Waals surface area contributed by atoms with E-state index < -0.39 is 0 Å². The summed E-state index contributed by atoms with van der Waals surface area (Å²) in [7, 11) is 0. The van der Waals surface area contributed by atoms with Crippen molar-refractivity contribution in [3.63, 3.8) is 0 Å². The fraction of sp³-hybridized carbons (Fsp3) is 0.471. The van der Waals surface area contributed by atoms with Crippen LogP contribution in [0.3, 0.4) is 0 Å². The Morgan fingerprint density at radius 2 is 1.96 bits per heavy atom. The van der Waals surface area contributed by atoms with Crippen molar-refractivity contribution in [2.24, 2.45) is 5.92 Å². The predicted molar refractivity (Wildman–Crippen MR) is 97.4 cm³/mol. The number of carbonyl (C=O) groups is 1. The van der Waals surface area contributed by atoms with Crippen LogP contribution in [0.2, 0.25) is 0 Å². The molecule has 130 valence electrons. The number of nitrogens with zero attached hydrogens (tertiary/aromatic N) is 2. The van der Waals surface area contributed by atoms with Gasteiger partial charge in [0.1, 0.15) is 0 Å². The Balaban J connectivity index is 0.00000208. The van der Waals surface area contributed by atoms with Crippen molar-refractivity contribution in [3.05, 3.63) is 29.8 Å². The number of anilines is 1. The van der Waals surface area contributed by atoms with Crippen molar-refractivity contribution < 1.29 is 4.79 Å². The zero-order valence-electron chi connectivity index (χ0n) is 14.2. The molecular formula is C17H24ClN5O.